The average molecular weight is 375 g/mol. The Bertz CT molecular complexity index is 954. The number of carbonyl (C=O) groups excluding carboxylic acids is 2. The SMILES string of the molecule is COC(=O)c1ccccc1S(=O)(=O)NC(=O)[C@@H]1COc2ccccc2C1. The molecule has 0 fully saturated rings. The highest BCUT2D eigenvalue weighted by molar-refractivity contribution is 7.90. The van der Waals surface area contributed by atoms with Gasteiger partial charge in [0.15, 0.2) is 0 Å². The molecule has 0 bridgehead atoms. The van der Waals surface area contributed by atoms with Crippen LogP contribution in [0.5, 0.6) is 5.75 Å². The van der Waals surface area contributed by atoms with Crippen LogP contribution in [0, 0.1) is 5.92 Å². The second-order valence-corrected chi connectivity index (χ2v) is 7.43. The first-order chi connectivity index (χ1) is 12.4. The van der Waals surface area contributed by atoms with Crippen molar-refractivity contribution >= 4 is 21.9 Å². The number of hydrogen-bond acceptors (Lipinski definition) is 6. The van der Waals surface area contributed by atoms with Gasteiger partial charge in [-0.3, -0.25) is 4.79 Å². The summed E-state index contributed by atoms with van der Waals surface area (Å²) in [5, 5.41) is 0. The van der Waals surface area contributed by atoms with E-state index in [1.165, 1.54) is 24.3 Å². The molecule has 136 valence electrons. The summed E-state index contributed by atoms with van der Waals surface area (Å²) >= 11 is 0. The van der Waals surface area contributed by atoms with Crippen LogP contribution in [0.4, 0.5) is 0 Å². The molecule has 0 aromatic heterocycles. The largest absolute Gasteiger partial charge is 0.492 e. The van der Waals surface area contributed by atoms with Crippen LogP contribution in [0.15, 0.2) is 53.4 Å². The third-order valence-corrected chi connectivity index (χ3v) is 5.47. The fourth-order valence-corrected chi connectivity index (χ4v) is 3.99. The summed E-state index contributed by atoms with van der Waals surface area (Å²) in [6.07, 6.45) is 0.371. The summed E-state index contributed by atoms with van der Waals surface area (Å²) in [5.41, 5.74) is 0.701. The highest BCUT2D eigenvalue weighted by atomic mass is 32.2. The van der Waals surface area contributed by atoms with Crippen LogP contribution in [0.25, 0.3) is 0 Å². The maximum Gasteiger partial charge on any atom is 0.339 e. The Hall–Kier alpha value is -2.87. The van der Waals surface area contributed by atoms with Crippen LogP contribution in [-0.4, -0.2) is 34.0 Å². The maximum atomic E-state index is 12.6. The van der Waals surface area contributed by atoms with Crippen LogP contribution < -0.4 is 9.46 Å². The van der Waals surface area contributed by atoms with Gasteiger partial charge in [-0.15, -0.1) is 0 Å². The Morgan fingerprint density at radius 3 is 2.58 bits per heavy atom. The molecule has 26 heavy (non-hydrogen) atoms. The molecule has 0 aliphatic carbocycles. The van der Waals surface area contributed by atoms with Gasteiger partial charge in [-0.05, 0) is 30.2 Å². The number of rotatable bonds is 4. The number of sulfonamides is 1. The van der Waals surface area contributed by atoms with E-state index in [1.54, 1.807) is 6.07 Å². The van der Waals surface area contributed by atoms with E-state index in [-0.39, 0.29) is 17.1 Å². The van der Waals surface area contributed by atoms with Gasteiger partial charge in [-0.1, -0.05) is 30.3 Å². The van der Waals surface area contributed by atoms with Crippen LogP contribution in [0.1, 0.15) is 15.9 Å². The van der Waals surface area contributed by atoms with Crippen molar-refractivity contribution < 1.29 is 27.5 Å². The fraction of sp³-hybridized carbons (Fsp3) is 0.222. The van der Waals surface area contributed by atoms with E-state index in [9.17, 15) is 18.0 Å². The zero-order valence-electron chi connectivity index (χ0n) is 14.0. The Kier molecular flexibility index (Phi) is 4.94. The predicted molar refractivity (Wildman–Crippen MR) is 92.2 cm³/mol. The number of esters is 1. The first-order valence-corrected chi connectivity index (χ1v) is 9.35. The number of benzene rings is 2. The van der Waals surface area contributed by atoms with E-state index >= 15 is 0 Å². The number of carbonyl (C=O) groups is 2. The molecule has 2 aromatic rings. The van der Waals surface area contributed by atoms with Gasteiger partial charge in [0.1, 0.15) is 17.3 Å². The standard InChI is InChI=1S/C18H17NO6S/c1-24-18(21)14-7-3-5-9-16(14)26(22,23)19-17(20)13-10-12-6-2-4-8-15(12)25-11-13/h2-9,13H,10-11H2,1H3,(H,19,20)/t13-/m0/s1. The van der Waals surface area contributed by atoms with Gasteiger partial charge in [0.25, 0.3) is 10.0 Å². The second-order valence-electron chi connectivity index (χ2n) is 5.78. The third-order valence-electron chi connectivity index (χ3n) is 4.07. The van der Waals surface area contributed by atoms with Crippen molar-refractivity contribution in [2.75, 3.05) is 13.7 Å². The lowest BCUT2D eigenvalue weighted by Crippen LogP contribution is -2.40. The van der Waals surface area contributed by atoms with Crippen molar-refractivity contribution in [1.29, 1.82) is 0 Å². The highest BCUT2D eigenvalue weighted by Gasteiger charge is 2.31. The summed E-state index contributed by atoms with van der Waals surface area (Å²) < 4.78 is 37.3. The first kappa shape index (κ1) is 17.9. The highest BCUT2D eigenvalue weighted by Crippen LogP contribution is 2.27. The molecule has 1 atom stereocenters. The average Bonchev–Trinajstić information content (AvgIpc) is 2.66. The predicted octanol–water partition coefficient (Wildman–Crippen LogP) is 1.53. The molecule has 8 heteroatoms. The first-order valence-electron chi connectivity index (χ1n) is 7.87. The third kappa shape index (κ3) is 3.55. The number of para-hydroxylation sites is 1. The van der Waals surface area contributed by atoms with E-state index in [0.717, 1.165) is 12.7 Å². The van der Waals surface area contributed by atoms with Crippen molar-refractivity contribution in [1.82, 2.24) is 4.72 Å². The molecule has 1 amide bonds. The van der Waals surface area contributed by atoms with Gasteiger partial charge in [0.05, 0.1) is 18.6 Å². The minimum atomic E-state index is -4.23. The van der Waals surface area contributed by atoms with Gasteiger partial charge < -0.3 is 9.47 Å². The molecule has 2 aromatic carbocycles. The smallest absolute Gasteiger partial charge is 0.339 e. The number of hydrogen-bond donors (Lipinski definition) is 1. The molecule has 1 aliphatic rings. The van der Waals surface area contributed by atoms with Gasteiger partial charge in [-0.25, -0.2) is 17.9 Å². The lowest BCUT2D eigenvalue weighted by atomic mass is 9.96. The Balaban J connectivity index is 1.81. The number of methoxy groups -OCH3 is 1. The van der Waals surface area contributed by atoms with Crippen molar-refractivity contribution in [2.45, 2.75) is 11.3 Å². The zero-order chi connectivity index (χ0) is 18.7. The molecule has 3 rings (SSSR count). The van der Waals surface area contributed by atoms with E-state index in [1.807, 2.05) is 22.9 Å². The van der Waals surface area contributed by atoms with Crippen LogP contribution in [0.3, 0.4) is 0 Å². The molecule has 1 N–H and O–H groups in total. The minimum absolute atomic E-state index is 0.0804. The second kappa shape index (κ2) is 7.17. The Morgan fingerprint density at radius 2 is 1.81 bits per heavy atom. The van der Waals surface area contributed by atoms with E-state index in [0.29, 0.717) is 12.2 Å². The summed E-state index contributed by atoms with van der Waals surface area (Å²) in [5.74, 6) is -1.44. The van der Waals surface area contributed by atoms with Gasteiger partial charge >= 0.3 is 5.97 Å². The number of ether oxygens (including phenoxy) is 2. The summed E-state index contributed by atoms with van der Waals surface area (Å²) in [6.45, 7) is 0.0804. The van der Waals surface area contributed by atoms with Crippen molar-refractivity contribution in [3.05, 3.63) is 59.7 Å². The molecule has 0 unspecified atom stereocenters. The molecular weight excluding hydrogens is 358 g/mol. The number of nitrogens with one attached hydrogen (secondary N) is 1. The monoisotopic (exact) mass is 375 g/mol. The van der Waals surface area contributed by atoms with Crippen LogP contribution in [0.2, 0.25) is 0 Å². The van der Waals surface area contributed by atoms with Gasteiger partial charge in [0, 0.05) is 0 Å². The number of amides is 1. The van der Waals surface area contributed by atoms with Crippen molar-refractivity contribution in [3.63, 3.8) is 0 Å². The molecule has 7 nitrogen and oxygen atoms in total. The van der Waals surface area contributed by atoms with Gasteiger partial charge in [0.2, 0.25) is 5.91 Å². The summed E-state index contributed by atoms with van der Waals surface area (Å²) in [4.78, 5) is 23.9. The van der Waals surface area contributed by atoms with E-state index in [2.05, 4.69) is 4.74 Å². The van der Waals surface area contributed by atoms with Gasteiger partial charge in [-0.2, -0.15) is 0 Å². The summed E-state index contributed by atoms with van der Waals surface area (Å²) in [6, 6.07) is 12.8. The van der Waals surface area contributed by atoms with Crippen LogP contribution in [-0.2, 0) is 26.0 Å². The van der Waals surface area contributed by atoms with Crippen molar-refractivity contribution in [3.8, 4) is 5.75 Å². The molecule has 1 heterocycles. The molecular formula is C18H17NO6S. The van der Waals surface area contributed by atoms with E-state index in [4.69, 9.17) is 4.74 Å². The normalized spacial score (nSPS) is 16.1. The Labute approximate surface area is 151 Å². The topological polar surface area (TPSA) is 98.8 Å². The van der Waals surface area contributed by atoms with Crippen molar-refractivity contribution in [2.24, 2.45) is 5.92 Å². The van der Waals surface area contributed by atoms with Crippen LogP contribution >= 0.6 is 0 Å². The number of fused-ring (bicyclic) bond motifs is 1. The Morgan fingerprint density at radius 1 is 1.12 bits per heavy atom. The quantitative estimate of drug-likeness (QED) is 0.814. The molecule has 0 spiro atoms. The maximum absolute atomic E-state index is 12.6. The molecule has 0 saturated heterocycles. The molecule has 0 radical (unpaired) electrons. The fourth-order valence-electron chi connectivity index (χ4n) is 2.75. The summed E-state index contributed by atoms with van der Waals surface area (Å²) in [7, 11) is -3.07. The molecule has 0 saturated carbocycles. The lowest BCUT2D eigenvalue weighted by Gasteiger charge is -2.24. The molecule has 1 aliphatic heterocycles. The minimum Gasteiger partial charge on any atom is -0.492 e. The van der Waals surface area contributed by atoms with E-state index < -0.39 is 27.8 Å². The zero-order valence-corrected chi connectivity index (χ0v) is 14.8. The lowest BCUT2D eigenvalue weighted by molar-refractivity contribution is -0.124.